The summed E-state index contributed by atoms with van der Waals surface area (Å²) in [4.78, 5) is 15.1. The Balaban J connectivity index is 1.58. The normalized spacial score (nSPS) is 19.9. The van der Waals surface area contributed by atoms with Crippen LogP contribution < -0.4 is 5.32 Å². The van der Waals surface area contributed by atoms with Gasteiger partial charge in [-0.05, 0) is 70.0 Å². The Labute approximate surface area is 140 Å². The molecule has 1 saturated carbocycles. The van der Waals surface area contributed by atoms with E-state index in [1.807, 2.05) is 12.1 Å². The van der Waals surface area contributed by atoms with Gasteiger partial charge in [0, 0.05) is 19.1 Å². The van der Waals surface area contributed by atoms with Crippen molar-refractivity contribution in [3.63, 3.8) is 0 Å². The van der Waals surface area contributed by atoms with Crippen LogP contribution >= 0.6 is 0 Å². The van der Waals surface area contributed by atoms with E-state index in [0.29, 0.717) is 6.04 Å². The zero-order valence-electron chi connectivity index (χ0n) is 14.8. The smallest absolute Gasteiger partial charge is 0.232 e. The Morgan fingerprint density at radius 2 is 1.83 bits per heavy atom. The first kappa shape index (κ1) is 16.5. The molecule has 23 heavy (non-hydrogen) atoms. The number of benzene rings is 1. The molecule has 1 aromatic rings. The molecule has 3 nitrogen and oxygen atoms in total. The lowest BCUT2D eigenvalue weighted by Gasteiger charge is -2.38. The largest absolute Gasteiger partial charge is 0.342 e. The van der Waals surface area contributed by atoms with Crippen LogP contribution in [-0.2, 0) is 10.2 Å². The van der Waals surface area contributed by atoms with Gasteiger partial charge in [0.05, 0.1) is 5.41 Å². The molecule has 2 aliphatic rings. The van der Waals surface area contributed by atoms with E-state index in [9.17, 15) is 4.79 Å². The molecular formula is C20H30N2O. The molecule has 1 amide bonds. The first-order valence-corrected chi connectivity index (χ1v) is 9.07. The van der Waals surface area contributed by atoms with Gasteiger partial charge in [-0.1, -0.05) is 24.3 Å². The van der Waals surface area contributed by atoms with E-state index < -0.39 is 5.41 Å². The van der Waals surface area contributed by atoms with Crippen molar-refractivity contribution in [1.29, 1.82) is 0 Å². The maximum atomic E-state index is 13.1. The van der Waals surface area contributed by atoms with Gasteiger partial charge in [0.1, 0.15) is 0 Å². The van der Waals surface area contributed by atoms with Crippen LogP contribution in [-0.4, -0.2) is 36.5 Å². The van der Waals surface area contributed by atoms with Crippen molar-refractivity contribution in [3.8, 4) is 0 Å². The van der Waals surface area contributed by atoms with Crippen LogP contribution in [0, 0.1) is 12.8 Å². The second-order valence-corrected chi connectivity index (χ2v) is 7.86. The zero-order chi connectivity index (χ0) is 16.4. The van der Waals surface area contributed by atoms with E-state index in [1.165, 1.54) is 24.9 Å². The van der Waals surface area contributed by atoms with Crippen LogP contribution in [0.3, 0.4) is 0 Å². The highest BCUT2D eigenvalue weighted by Gasteiger charge is 2.36. The molecule has 0 unspecified atom stereocenters. The lowest BCUT2D eigenvalue weighted by molar-refractivity contribution is -0.137. The maximum absolute atomic E-state index is 13.1. The predicted molar refractivity (Wildman–Crippen MR) is 94.5 cm³/mol. The summed E-state index contributed by atoms with van der Waals surface area (Å²) >= 11 is 0. The summed E-state index contributed by atoms with van der Waals surface area (Å²) in [7, 11) is 0. The second kappa shape index (κ2) is 6.64. The van der Waals surface area contributed by atoms with Crippen LogP contribution in [0.5, 0.6) is 0 Å². The van der Waals surface area contributed by atoms with Crippen molar-refractivity contribution in [3.05, 3.63) is 35.4 Å². The van der Waals surface area contributed by atoms with Crippen molar-refractivity contribution in [1.82, 2.24) is 10.2 Å². The SMILES string of the molecule is Cc1ccccc1C(C)(C)C(=O)N1CCC(NCC2CC2)CC1. The first-order valence-electron chi connectivity index (χ1n) is 9.07. The van der Waals surface area contributed by atoms with E-state index in [-0.39, 0.29) is 5.91 Å². The van der Waals surface area contributed by atoms with Crippen molar-refractivity contribution in [2.24, 2.45) is 5.92 Å². The number of rotatable bonds is 5. The Morgan fingerprint density at radius 1 is 1.17 bits per heavy atom. The van der Waals surface area contributed by atoms with Crippen LogP contribution in [0.1, 0.15) is 50.7 Å². The minimum Gasteiger partial charge on any atom is -0.342 e. The highest BCUT2D eigenvalue weighted by atomic mass is 16.2. The van der Waals surface area contributed by atoms with Crippen molar-refractivity contribution in [2.75, 3.05) is 19.6 Å². The number of aryl methyl sites for hydroxylation is 1. The molecule has 3 rings (SSSR count). The summed E-state index contributed by atoms with van der Waals surface area (Å²) in [6.07, 6.45) is 4.97. The Morgan fingerprint density at radius 3 is 2.43 bits per heavy atom. The number of nitrogens with zero attached hydrogens (tertiary/aromatic N) is 1. The van der Waals surface area contributed by atoms with Crippen molar-refractivity contribution in [2.45, 2.75) is 57.9 Å². The predicted octanol–water partition coefficient (Wildman–Crippen LogP) is 3.26. The van der Waals surface area contributed by atoms with Gasteiger partial charge in [-0.3, -0.25) is 4.79 Å². The van der Waals surface area contributed by atoms with Crippen molar-refractivity contribution < 1.29 is 4.79 Å². The molecule has 1 saturated heterocycles. The third-order valence-electron chi connectivity index (χ3n) is 5.53. The average Bonchev–Trinajstić information content (AvgIpc) is 3.37. The van der Waals surface area contributed by atoms with E-state index in [1.54, 1.807) is 0 Å². The molecule has 0 spiro atoms. The molecule has 2 fully saturated rings. The summed E-state index contributed by atoms with van der Waals surface area (Å²) in [6.45, 7) is 9.17. The summed E-state index contributed by atoms with van der Waals surface area (Å²) < 4.78 is 0. The van der Waals surface area contributed by atoms with Crippen molar-refractivity contribution >= 4 is 5.91 Å². The number of nitrogens with one attached hydrogen (secondary N) is 1. The monoisotopic (exact) mass is 314 g/mol. The summed E-state index contributed by atoms with van der Waals surface area (Å²) in [5.74, 6) is 1.20. The number of hydrogen-bond donors (Lipinski definition) is 1. The van der Waals surface area contributed by atoms with Gasteiger partial charge in [-0.15, -0.1) is 0 Å². The van der Waals surface area contributed by atoms with Gasteiger partial charge in [0.2, 0.25) is 5.91 Å². The van der Waals surface area contributed by atoms with E-state index >= 15 is 0 Å². The fourth-order valence-corrected chi connectivity index (χ4v) is 3.73. The second-order valence-electron chi connectivity index (χ2n) is 7.86. The minimum absolute atomic E-state index is 0.271. The molecule has 0 aromatic heterocycles. The summed E-state index contributed by atoms with van der Waals surface area (Å²) in [5.41, 5.74) is 1.91. The molecule has 1 aliphatic carbocycles. The minimum atomic E-state index is -0.445. The highest BCUT2D eigenvalue weighted by molar-refractivity contribution is 5.87. The average molecular weight is 314 g/mol. The number of carbonyl (C=O) groups is 1. The molecule has 3 heteroatoms. The Bertz CT molecular complexity index is 555. The molecule has 1 heterocycles. The van der Waals surface area contributed by atoms with E-state index in [0.717, 1.165) is 37.4 Å². The number of piperidine rings is 1. The van der Waals surface area contributed by atoms with Gasteiger partial charge in [-0.25, -0.2) is 0 Å². The maximum Gasteiger partial charge on any atom is 0.232 e. The van der Waals surface area contributed by atoms with Gasteiger partial charge in [0.25, 0.3) is 0 Å². The third-order valence-corrected chi connectivity index (χ3v) is 5.53. The standard InChI is InChI=1S/C20H30N2O/c1-15-6-4-5-7-18(15)20(2,3)19(23)22-12-10-17(11-13-22)21-14-16-8-9-16/h4-7,16-17,21H,8-14H2,1-3H3. The number of likely N-dealkylation sites (tertiary alicyclic amines) is 1. The molecule has 126 valence electrons. The first-order chi connectivity index (χ1) is 11.0. The quantitative estimate of drug-likeness (QED) is 0.905. The molecule has 0 bridgehead atoms. The van der Waals surface area contributed by atoms with Gasteiger partial charge in [-0.2, -0.15) is 0 Å². The number of hydrogen-bond acceptors (Lipinski definition) is 2. The van der Waals surface area contributed by atoms with Gasteiger partial charge in [0.15, 0.2) is 0 Å². The molecule has 0 atom stereocenters. The van der Waals surface area contributed by atoms with E-state index in [4.69, 9.17) is 0 Å². The van der Waals surface area contributed by atoms with Crippen LogP contribution in [0.4, 0.5) is 0 Å². The van der Waals surface area contributed by atoms with E-state index in [2.05, 4.69) is 43.1 Å². The van der Waals surface area contributed by atoms with Crippen LogP contribution in [0.2, 0.25) is 0 Å². The fraction of sp³-hybridized carbons (Fsp3) is 0.650. The summed E-state index contributed by atoms with van der Waals surface area (Å²) in [6, 6.07) is 8.86. The molecule has 1 aromatic carbocycles. The fourth-order valence-electron chi connectivity index (χ4n) is 3.73. The van der Waals surface area contributed by atoms with Crippen LogP contribution in [0.25, 0.3) is 0 Å². The highest BCUT2D eigenvalue weighted by Crippen LogP contribution is 2.30. The lowest BCUT2D eigenvalue weighted by Crippen LogP contribution is -2.50. The third kappa shape index (κ3) is 3.77. The van der Waals surface area contributed by atoms with Crippen LogP contribution in [0.15, 0.2) is 24.3 Å². The topological polar surface area (TPSA) is 32.3 Å². The Kier molecular flexibility index (Phi) is 4.77. The zero-order valence-corrected chi connectivity index (χ0v) is 14.8. The van der Waals surface area contributed by atoms with Gasteiger partial charge >= 0.3 is 0 Å². The number of carbonyl (C=O) groups excluding carboxylic acids is 1. The lowest BCUT2D eigenvalue weighted by atomic mass is 9.80. The number of amides is 1. The molecule has 0 radical (unpaired) electrons. The molecular weight excluding hydrogens is 284 g/mol. The van der Waals surface area contributed by atoms with Gasteiger partial charge < -0.3 is 10.2 Å². The summed E-state index contributed by atoms with van der Waals surface area (Å²) in [5, 5.41) is 3.68. The molecule has 1 N–H and O–H groups in total. The molecule has 1 aliphatic heterocycles. The Hall–Kier alpha value is -1.35.